The van der Waals surface area contributed by atoms with Crippen molar-refractivity contribution in [2.45, 2.75) is 90.4 Å². The fourth-order valence-electron chi connectivity index (χ4n) is 2.64. The van der Waals surface area contributed by atoms with Crippen molar-refractivity contribution in [3.8, 4) is 0 Å². The van der Waals surface area contributed by atoms with E-state index in [-0.39, 0.29) is 6.42 Å². The first-order valence-electron chi connectivity index (χ1n) is 9.25. The third kappa shape index (κ3) is 15.4. The summed E-state index contributed by atoms with van der Waals surface area (Å²) < 4.78 is 0. The molecule has 0 saturated carbocycles. The number of carbonyl (C=O) groups is 2. The lowest BCUT2D eigenvalue weighted by atomic mass is 10.0. The van der Waals surface area contributed by atoms with Crippen molar-refractivity contribution < 1.29 is 14.7 Å². The van der Waals surface area contributed by atoms with E-state index in [4.69, 9.17) is 10.8 Å². The second kappa shape index (κ2) is 15.6. The first-order valence-corrected chi connectivity index (χ1v) is 9.25. The molecule has 0 aromatic heterocycles. The molecule has 0 bridgehead atoms. The van der Waals surface area contributed by atoms with Gasteiger partial charge in [0.1, 0.15) is 0 Å². The van der Waals surface area contributed by atoms with Gasteiger partial charge in [0.25, 0.3) is 0 Å². The monoisotopic (exact) mass is 325 g/mol. The molecule has 4 heteroatoms. The minimum atomic E-state index is -0.992. The number of carboxylic acid groups (broad SMARTS) is 1. The fourth-order valence-corrected chi connectivity index (χ4v) is 2.64. The number of allylic oxidation sites excluding steroid dienone is 1. The van der Waals surface area contributed by atoms with Crippen LogP contribution in [0.2, 0.25) is 0 Å². The van der Waals surface area contributed by atoms with Gasteiger partial charge in [-0.2, -0.15) is 0 Å². The Morgan fingerprint density at radius 1 is 0.913 bits per heavy atom. The summed E-state index contributed by atoms with van der Waals surface area (Å²) >= 11 is 0. The average Bonchev–Trinajstić information content (AvgIpc) is 2.50. The van der Waals surface area contributed by atoms with Gasteiger partial charge >= 0.3 is 5.97 Å². The van der Waals surface area contributed by atoms with E-state index in [1.54, 1.807) is 6.08 Å². The molecule has 23 heavy (non-hydrogen) atoms. The minimum Gasteiger partial charge on any atom is -0.481 e. The van der Waals surface area contributed by atoms with Crippen LogP contribution in [0.1, 0.15) is 90.4 Å². The molecule has 0 heterocycles. The summed E-state index contributed by atoms with van der Waals surface area (Å²) in [4.78, 5) is 21.7. The zero-order chi connectivity index (χ0) is 17.3. The highest BCUT2D eigenvalue weighted by Gasteiger charge is 2.15. The van der Waals surface area contributed by atoms with Crippen LogP contribution < -0.4 is 5.73 Å². The van der Waals surface area contributed by atoms with Gasteiger partial charge in [0.05, 0.1) is 12.3 Å². The topological polar surface area (TPSA) is 80.4 Å². The Kier molecular flexibility index (Phi) is 14.7. The molecule has 0 aromatic carbocycles. The predicted octanol–water partition coefficient (Wildman–Crippen LogP) is 4.82. The SMILES string of the molecule is CCCCCCCCCCCCCC=CC(CC(=O)O)C(N)=O. The molecule has 1 atom stereocenters. The lowest BCUT2D eigenvalue weighted by Gasteiger charge is -2.04. The standard InChI is InChI=1S/C19H35NO3/c1-2-3-4-5-6-7-8-9-10-11-12-13-14-15-17(19(20)23)16-18(21)22/h14-15,17H,2-13,16H2,1H3,(H2,20,23)(H,21,22). The number of hydrogen-bond acceptors (Lipinski definition) is 2. The molecule has 0 aromatic rings. The molecule has 0 aliphatic carbocycles. The summed E-state index contributed by atoms with van der Waals surface area (Å²) in [7, 11) is 0. The molecule has 0 rings (SSSR count). The van der Waals surface area contributed by atoms with E-state index in [1.807, 2.05) is 6.08 Å². The van der Waals surface area contributed by atoms with Crippen LogP contribution in [0.3, 0.4) is 0 Å². The zero-order valence-electron chi connectivity index (χ0n) is 14.8. The second-order valence-electron chi connectivity index (χ2n) is 6.36. The van der Waals surface area contributed by atoms with Gasteiger partial charge in [-0.05, 0) is 12.8 Å². The van der Waals surface area contributed by atoms with Crippen molar-refractivity contribution in [1.82, 2.24) is 0 Å². The molecular formula is C19H35NO3. The van der Waals surface area contributed by atoms with Crippen molar-refractivity contribution in [3.63, 3.8) is 0 Å². The molecular weight excluding hydrogens is 290 g/mol. The van der Waals surface area contributed by atoms with Crippen LogP contribution in [0.25, 0.3) is 0 Å². The molecule has 4 nitrogen and oxygen atoms in total. The molecule has 0 aliphatic rings. The van der Waals surface area contributed by atoms with E-state index in [9.17, 15) is 9.59 Å². The number of hydrogen-bond donors (Lipinski definition) is 2. The van der Waals surface area contributed by atoms with Crippen molar-refractivity contribution in [3.05, 3.63) is 12.2 Å². The number of aliphatic carboxylic acids is 1. The van der Waals surface area contributed by atoms with Crippen LogP contribution in [0.4, 0.5) is 0 Å². The molecule has 1 amide bonds. The highest BCUT2D eigenvalue weighted by molar-refractivity contribution is 5.83. The summed E-state index contributed by atoms with van der Waals surface area (Å²) in [5.41, 5.74) is 5.18. The van der Waals surface area contributed by atoms with Crippen molar-refractivity contribution in [1.29, 1.82) is 0 Å². The van der Waals surface area contributed by atoms with Gasteiger partial charge < -0.3 is 10.8 Å². The molecule has 0 spiro atoms. The summed E-state index contributed by atoms with van der Waals surface area (Å²) in [6.07, 6.45) is 18.6. The molecule has 1 unspecified atom stereocenters. The molecule has 0 aliphatic heterocycles. The predicted molar refractivity (Wildman–Crippen MR) is 95.2 cm³/mol. The summed E-state index contributed by atoms with van der Waals surface area (Å²) in [5, 5.41) is 8.69. The van der Waals surface area contributed by atoms with Gasteiger partial charge in [-0.15, -0.1) is 0 Å². The molecule has 134 valence electrons. The van der Waals surface area contributed by atoms with Crippen LogP contribution in [0, 0.1) is 5.92 Å². The highest BCUT2D eigenvalue weighted by atomic mass is 16.4. The minimum absolute atomic E-state index is 0.218. The summed E-state index contributed by atoms with van der Waals surface area (Å²) in [6.45, 7) is 2.25. The quantitative estimate of drug-likeness (QED) is 0.315. The Morgan fingerprint density at radius 3 is 1.83 bits per heavy atom. The third-order valence-electron chi connectivity index (χ3n) is 4.10. The average molecular weight is 325 g/mol. The lowest BCUT2D eigenvalue weighted by molar-refractivity contribution is -0.139. The van der Waals surface area contributed by atoms with Gasteiger partial charge in [-0.1, -0.05) is 83.3 Å². The van der Waals surface area contributed by atoms with Crippen molar-refractivity contribution in [2.75, 3.05) is 0 Å². The third-order valence-corrected chi connectivity index (χ3v) is 4.10. The van der Waals surface area contributed by atoms with Crippen LogP contribution in [-0.4, -0.2) is 17.0 Å². The number of carboxylic acids is 1. The van der Waals surface area contributed by atoms with Gasteiger partial charge in [0.15, 0.2) is 0 Å². The van der Waals surface area contributed by atoms with E-state index >= 15 is 0 Å². The van der Waals surface area contributed by atoms with Crippen LogP contribution >= 0.6 is 0 Å². The Balaban J connectivity index is 3.45. The number of amides is 1. The Bertz CT molecular complexity index is 340. The fraction of sp³-hybridized carbons (Fsp3) is 0.789. The summed E-state index contributed by atoms with van der Waals surface area (Å²) in [6, 6.07) is 0. The first-order chi connectivity index (χ1) is 11.1. The normalized spacial score (nSPS) is 12.6. The van der Waals surface area contributed by atoms with Gasteiger partial charge in [-0.25, -0.2) is 0 Å². The number of unbranched alkanes of at least 4 members (excludes halogenated alkanes) is 11. The lowest BCUT2D eigenvalue weighted by Crippen LogP contribution is -2.23. The maximum Gasteiger partial charge on any atom is 0.304 e. The number of primary amides is 1. The van der Waals surface area contributed by atoms with Crippen LogP contribution in [0.5, 0.6) is 0 Å². The van der Waals surface area contributed by atoms with Crippen molar-refractivity contribution in [2.24, 2.45) is 11.7 Å². The largest absolute Gasteiger partial charge is 0.481 e. The molecule has 0 radical (unpaired) electrons. The Labute approximate surface area is 141 Å². The van der Waals surface area contributed by atoms with Gasteiger partial charge in [-0.3, -0.25) is 9.59 Å². The number of rotatable bonds is 16. The smallest absolute Gasteiger partial charge is 0.304 e. The summed E-state index contributed by atoms with van der Waals surface area (Å²) in [5.74, 6) is -2.24. The van der Waals surface area contributed by atoms with Crippen LogP contribution in [0.15, 0.2) is 12.2 Å². The number of nitrogens with two attached hydrogens (primary N) is 1. The molecule has 0 fully saturated rings. The van der Waals surface area contributed by atoms with E-state index in [0.29, 0.717) is 0 Å². The zero-order valence-corrected chi connectivity index (χ0v) is 14.8. The Morgan fingerprint density at radius 2 is 1.39 bits per heavy atom. The molecule has 3 N–H and O–H groups in total. The van der Waals surface area contributed by atoms with E-state index in [1.165, 1.54) is 64.2 Å². The van der Waals surface area contributed by atoms with E-state index in [2.05, 4.69) is 6.92 Å². The van der Waals surface area contributed by atoms with Gasteiger partial charge in [0.2, 0.25) is 5.91 Å². The first kappa shape index (κ1) is 21.7. The maximum atomic E-state index is 11.1. The van der Waals surface area contributed by atoms with Crippen LogP contribution in [-0.2, 0) is 9.59 Å². The van der Waals surface area contributed by atoms with Gasteiger partial charge in [0, 0.05) is 0 Å². The Hall–Kier alpha value is -1.32. The van der Waals surface area contributed by atoms with E-state index in [0.717, 1.165) is 12.8 Å². The van der Waals surface area contributed by atoms with Crippen molar-refractivity contribution >= 4 is 11.9 Å². The van der Waals surface area contributed by atoms with E-state index < -0.39 is 17.8 Å². The highest BCUT2D eigenvalue weighted by Crippen LogP contribution is 2.12. The number of carbonyl (C=O) groups excluding carboxylic acids is 1. The second-order valence-corrected chi connectivity index (χ2v) is 6.36. The molecule has 0 saturated heterocycles. The maximum absolute atomic E-state index is 11.1.